The average Bonchev–Trinajstić information content (AvgIpc) is 3.21. The van der Waals surface area contributed by atoms with Crippen LogP contribution in [0.5, 0.6) is 0 Å². The van der Waals surface area contributed by atoms with E-state index >= 15 is 0 Å². The standard InChI is InChI=1S/C20H15N5O/c1-13-17-18-16(20(26)25(23-18)15-10-6-3-7-11-15)12-21-19(17)24(22-13)14-8-4-2-5-9-14/h2-12,22H,1H3. The molecule has 26 heavy (non-hydrogen) atoms. The van der Waals surface area contributed by atoms with E-state index in [1.807, 2.05) is 72.3 Å². The van der Waals surface area contributed by atoms with Crippen molar-refractivity contribution in [3.05, 3.63) is 82.9 Å². The van der Waals surface area contributed by atoms with Crippen LogP contribution >= 0.6 is 0 Å². The number of aromatic amines is 1. The van der Waals surface area contributed by atoms with E-state index < -0.39 is 0 Å². The predicted octanol–water partition coefficient (Wildman–Crippen LogP) is 3.36. The molecule has 0 atom stereocenters. The van der Waals surface area contributed by atoms with E-state index in [-0.39, 0.29) is 5.56 Å². The van der Waals surface area contributed by atoms with Crippen LogP contribution in [0.15, 0.2) is 71.7 Å². The highest BCUT2D eigenvalue weighted by atomic mass is 16.1. The van der Waals surface area contributed by atoms with Gasteiger partial charge in [0.1, 0.15) is 5.52 Å². The minimum Gasteiger partial charge on any atom is -0.296 e. The molecule has 6 nitrogen and oxygen atoms in total. The first-order chi connectivity index (χ1) is 12.7. The summed E-state index contributed by atoms with van der Waals surface area (Å²) in [7, 11) is 0. The summed E-state index contributed by atoms with van der Waals surface area (Å²) in [6.45, 7) is 1.97. The SMILES string of the molecule is Cc1[nH]n(-c2ccccc2)c2ncc3c(=O)n(-c4ccccc4)nc3c12. The van der Waals surface area contributed by atoms with Crippen LogP contribution in [0.25, 0.3) is 33.3 Å². The van der Waals surface area contributed by atoms with Crippen molar-refractivity contribution < 1.29 is 0 Å². The monoisotopic (exact) mass is 341 g/mol. The third-order valence-electron chi connectivity index (χ3n) is 4.54. The molecule has 1 N–H and O–H groups in total. The molecule has 0 saturated carbocycles. The van der Waals surface area contributed by atoms with Crippen LogP contribution in [0.3, 0.4) is 0 Å². The van der Waals surface area contributed by atoms with Gasteiger partial charge in [0.2, 0.25) is 0 Å². The van der Waals surface area contributed by atoms with E-state index in [0.29, 0.717) is 10.9 Å². The number of nitrogens with zero attached hydrogens (tertiary/aromatic N) is 4. The molecule has 0 spiro atoms. The third kappa shape index (κ3) is 2.02. The molecule has 0 unspecified atom stereocenters. The zero-order chi connectivity index (χ0) is 17.7. The fraction of sp³-hybridized carbons (Fsp3) is 0.0500. The number of pyridine rings is 1. The lowest BCUT2D eigenvalue weighted by Gasteiger charge is -2.03. The van der Waals surface area contributed by atoms with Crippen LogP contribution in [-0.4, -0.2) is 24.5 Å². The second-order valence-electron chi connectivity index (χ2n) is 6.18. The predicted molar refractivity (Wildman–Crippen MR) is 101 cm³/mol. The van der Waals surface area contributed by atoms with Crippen LogP contribution in [0.1, 0.15) is 5.69 Å². The summed E-state index contributed by atoms with van der Waals surface area (Å²) in [4.78, 5) is 17.4. The van der Waals surface area contributed by atoms with Crippen molar-refractivity contribution in [2.45, 2.75) is 6.92 Å². The molecule has 0 aliphatic carbocycles. The fourth-order valence-corrected chi connectivity index (χ4v) is 3.31. The molecule has 2 aromatic carbocycles. The molecule has 0 radical (unpaired) electrons. The third-order valence-corrected chi connectivity index (χ3v) is 4.54. The Morgan fingerprint density at radius 1 is 0.923 bits per heavy atom. The Balaban J connectivity index is 1.84. The molecule has 6 heteroatoms. The maximum Gasteiger partial charge on any atom is 0.282 e. The number of fused-ring (bicyclic) bond motifs is 3. The van der Waals surface area contributed by atoms with Crippen LogP contribution in [0.2, 0.25) is 0 Å². The summed E-state index contributed by atoms with van der Waals surface area (Å²) < 4.78 is 3.35. The van der Waals surface area contributed by atoms with Gasteiger partial charge < -0.3 is 0 Å². The van der Waals surface area contributed by atoms with Crippen molar-refractivity contribution >= 4 is 21.9 Å². The Bertz CT molecular complexity index is 1300. The van der Waals surface area contributed by atoms with E-state index in [0.717, 1.165) is 28.1 Å². The Kier molecular flexibility index (Phi) is 3.05. The Morgan fingerprint density at radius 2 is 1.58 bits per heavy atom. The molecule has 0 bridgehead atoms. The number of hydrogen-bond donors (Lipinski definition) is 1. The summed E-state index contributed by atoms with van der Waals surface area (Å²) in [6.07, 6.45) is 1.61. The van der Waals surface area contributed by atoms with Gasteiger partial charge in [-0.3, -0.25) is 9.89 Å². The largest absolute Gasteiger partial charge is 0.296 e. The molecule has 5 rings (SSSR count). The van der Waals surface area contributed by atoms with Crippen molar-refractivity contribution in [3.8, 4) is 11.4 Å². The number of H-pyrrole nitrogens is 1. The number of rotatable bonds is 2. The average molecular weight is 341 g/mol. The summed E-state index contributed by atoms with van der Waals surface area (Å²) in [5, 5.41) is 9.32. The second-order valence-corrected chi connectivity index (χ2v) is 6.18. The topological polar surface area (TPSA) is 68.5 Å². The quantitative estimate of drug-likeness (QED) is 0.535. The summed E-state index contributed by atoms with van der Waals surface area (Å²) in [5.74, 6) is 0. The lowest BCUT2D eigenvalue weighted by atomic mass is 10.2. The van der Waals surface area contributed by atoms with Gasteiger partial charge in [0.05, 0.1) is 22.1 Å². The maximum atomic E-state index is 12.8. The first-order valence-corrected chi connectivity index (χ1v) is 8.34. The molecule has 0 aliphatic rings. The van der Waals surface area contributed by atoms with Gasteiger partial charge in [-0.2, -0.15) is 9.78 Å². The Hall–Kier alpha value is -3.67. The fourth-order valence-electron chi connectivity index (χ4n) is 3.31. The molecular formula is C20H15N5O. The van der Waals surface area contributed by atoms with Gasteiger partial charge in [-0.25, -0.2) is 9.67 Å². The lowest BCUT2D eigenvalue weighted by molar-refractivity contribution is 0.864. The van der Waals surface area contributed by atoms with Crippen LogP contribution in [0, 0.1) is 6.92 Å². The van der Waals surface area contributed by atoms with Crippen molar-refractivity contribution in [2.24, 2.45) is 0 Å². The molecule has 3 heterocycles. The number of hydrogen-bond acceptors (Lipinski definition) is 3. The molecule has 0 fully saturated rings. The molecular weight excluding hydrogens is 326 g/mol. The number of benzene rings is 2. The highest BCUT2D eigenvalue weighted by Crippen LogP contribution is 2.26. The minimum atomic E-state index is -0.160. The van der Waals surface area contributed by atoms with Crippen LogP contribution in [-0.2, 0) is 0 Å². The Labute approximate surface area is 148 Å². The zero-order valence-corrected chi connectivity index (χ0v) is 14.0. The van der Waals surface area contributed by atoms with Gasteiger partial charge in [0.15, 0.2) is 5.65 Å². The van der Waals surface area contributed by atoms with Crippen LogP contribution in [0.4, 0.5) is 0 Å². The van der Waals surface area contributed by atoms with Crippen molar-refractivity contribution in [3.63, 3.8) is 0 Å². The molecule has 0 amide bonds. The molecule has 0 saturated heterocycles. The van der Waals surface area contributed by atoms with Gasteiger partial charge >= 0.3 is 0 Å². The lowest BCUT2D eigenvalue weighted by Crippen LogP contribution is -2.13. The molecule has 3 aromatic heterocycles. The second kappa shape index (κ2) is 5.42. The van der Waals surface area contributed by atoms with E-state index in [1.165, 1.54) is 4.68 Å². The van der Waals surface area contributed by atoms with Crippen molar-refractivity contribution in [1.29, 1.82) is 0 Å². The summed E-state index contributed by atoms with van der Waals surface area (Å²) in [6, 6.07) is 19.4. The zero-order valence-electron chi connectivity index (χ0n) is 14.0. The molecule has 5 aromatic rings. The summed E-state index contributed by atoms with van der Waals surface area (Å²) in [5.41, 5.74) is 3.88. The Morgan fingerprint density at radius 3 is 2.27 bits per heavy atom. The normalized spacial score (nSPS) is 11.4. The minimum absolute atomic E-state index is 0.160. The molecule has 0 aliphatic heterocycles. The van der Waals surface area contributed by atoms with E-state index in [9.17, 15) is 4.79 Å². The van der Waals surface area contributed by atoms with Crippen molar-refractivity contribution in [2.75, 3.05) is 0 Å². The van der Waals surface area contributed by atoms with E-state index in [1.54, 1.807) is 6.20 Å². The first kappa shape index (κ1) is 14.7. The van der Waals surface area contributed by atoms with E-state index in [4.69, 9.17) is 0 Å². The van der Waals surface area contributed by atoms with Gasteiger partial charge in [-0.05, 0) is 31.2 Å². The van der Waals surface area contributed by atoms with Crippen molar-refractivity contribution in [1.82, 2.24) is 24.5 Å². The summed E-state index contributed by atoms with van der Waals surface area (Å²) >= 11 is 0. The van der Waals surface area contributed by atoms with Gasteiger partial charge in [0.25, 0.3) is 5.56 Å². The number of para-hydroxylation sites is 2. The van der Waals surface area contributed by atoms with E-state index in [2.05, 4.69) is 15.2 Å². The van der Waals surface area contributed by atoms with Crippen LogP contribution < -0.4 is 5.56 Å². The number of aromatic nitrogens is 5. The maximum absolute atomic E-state index is 12.8. The number of nitrogens with one attached hydrogen (secondary N) is 1. The molecule has 126 valence electrons. The smallest absolute Gasteiger partial charge is 0.282 e. The van der Waals surface area contributed by atoms with Gasteiger partial charge in [-0.15, -0.1) is 0 Å². The number of aryl methyl sites for hydroxylation is 1. The highest BCUT2D eigenvalue weighted by molar-refractivity contribution is 6.03. The highest BCUT2D eigenvalue weighted by Gasteiger charge is 2.18. The van der Waals surface area contributed by atoms with Gasteiger partial charge in [-0.1, -0.05) is 36.4 Å². The van der Waals surface area contributed by atoms with Gasteiger partial charge in [0, 0.05) is 11.9 Å². The first-order valence-electron chi connectivity index (χ1n) is 8.34.